The number of aromatic nitrogens is 5. The molecule has 0 unspecified atom stereocenters. The van der Waals surface area contributed by atoms with Crippen LogP contribution in [0.15, 0.2) is 12.4 Å². The van der Waals surface area contributed by atoms with Gasteiger partial charge in [-0.3, -0.25) is 4.79 Å². The van der Waals surface area contributed by atoms with E-state index in [1.165, 1.54) is 0 Å². The second-order valence-electron chi connectivity index (χ2n) is 6.50. The fourth-order valence-corrected chi connectivity index (χ4v) is 3.28. The number of hydrogen-bond acceptors (Lipinski definition) is 7. The zero-order valence-electron chi connectivity index (χ0n) is 14.1. The minimum absolute atomic E-state index is 0.149. The monoisotopic (exact) mass is 343 g/mol. The molecule has 3 heterocycles. The molecule has 132 valence electrons. The van der Waals surface area contributed by atoms with Gasteiger partial charge in [-0.1, -0.05) is 0 Å². The number of aromatic amines is 1. The first kappa shape index (κ1) is 15.9. The summed E-state index contributed by atoms with van der Waals surface area (Å²) in [5.74, 6) is 1.14. The molecule has 1 saturated heterocycles. The Morgan fingerprint density at radius 3 is 2.80 bits per heavy atom. The van der Waals surface area contributed by atoms with Crippen molar-refractivity contribution < 1.29 is 9.53 Å². The van der Waals surface area contributed by atoms with Gasteiger partial charge in [0.1, 0.15) is 12.1 Å². The van der Waals surface area contributed by atoms with Crippen molar-refractivity contribution in [1.29, 1.82) is 0 Å². The minimum Gasteiger partial charge on any atom is -0.378 e. The van der Waals surface area contributed by atoms with Gasteiger partial charge in [0.2, 0.25) is 0 Å². The summed E-state index contributed by atoms with van der Waals surface area (Å²) in [5, 5.41) is 13.2. The SMILES string of the molecule is Cc1n[nH]nc1C(=O)NC1CC(c2cc(N3CCOCC3)ncn2)C1. The molecule has 1 aliphatic heterocycles. The third-order valence-electron chi connectivity index (χ3n) is 4.84. The van der Waals surface area contributed by atoms with E-state index in [0.29, 0.717) is 17.3 Å². The molecule has 2 N–H and O–H groups in total. The van der Waals surface area contributed by atoms with Crippen molar-refractivity contribution in [1.82, 2.24) is 30.7 Å². The Hall–Kier alpha value is -2.55. The van der Waals surface area contributed by atoms with Crippen LogP contribution in [0.25, 0.3) is 0 Å². The quantitative estimate of drug-likeness (QED) is 0.828. The lowest BCUT2D eigenvalue weighted by molar-refractivity contribution is 0.0902. The number of nitrogens with zero attached hydrogens (tertiary/aromatic N) is 5. The highest BCUT2D eigenvalue weighted by molar-refractivity contribution is 5.93. The first-order chi connectivity index (χ1) is 12.2. The van der Waals surface area contributed by atoms with Crippen LogP contribution in [0.1, 0.15) is 40.6 Å². The Morgan fingerprint density at radius 2 is 2.08 bits per heavy atom. The normalized spacial score (nSPS) is 23.2. The summed E-state index contributed by atoms with van der Waals surface area (Å²) in [5.41, 5.74) is 2.01. The maximum absolute atomic E-state index is 12.2. The molecule has 2 aromatic rings. The largest absolute Gasteiger partial charge is 0.378 e. The maximum Gasteiger partial charge on any atom is 0.273 e. The predicted molar refractivity (Wildman–Crippen MR) is 89.4 cm³/mol. The molecule has 1 amide bonds. The predicted octanol–water partition coefficient (Wildman–Crippen LogP) is 0.416. The highest BCUT2D eigenvalue weighted by atomic mass is 16.5. The Labute approximate surface area is 145 Å². The van der Waals surface area contributed by atoms with Gasteiger partial charge in [0, 0.05) is 36.8 Å². The number of nitrogens with one attached hydrogen (secondary N) is 2. The van der Waals surface area contributed by atoms with E-state index in [4.69, 9.17) is 4.74 Å². The van der Waals surface area contributed by atoms with Crippen molar-refractivity contribution in [2.24, 2.45) is 0 Å². The molecule has 4 rings (SSSR count). The standard InChI is InChI=1S/C16H21N7O2/c1-10-15(21-22-20-10)16(24)19-12-6-11(7-12)13-8-14(18-9-17-13)23-2-4-25-5-3-23/h8-9,11-12H,2-7H2,1H3,(H,19,24)(H,20,21,22). The second kappa shape index (κ2) is 6.75. The molecule has 2 fully saturated rings. The molecule has 0 aromatic carbocycles. The first-order valence-corrected chi connectivity index (χ1v) is 8.53. The van der Waals surface area contributed by atoms with Crippen LogP contribution in [-0.2, 0) is 4.74 Å². The summed E-state index contributed by atoms with van der Waals surface area (Å²) < 4.78 is 5.38. The molecule has 0 atom stereocenters. The maximum atomic E-state index is 12.2. The number of H-pyrrole nitrogens is 1. The summed E-state index contributed by atoms with van der Waals surface area (Å²) in [7, 11) is 0. The van der Waals surface area contributed by atoms with Crippen LogP contribution < -0.4 is 10.2 Å². The van der Waals surface area contributed by atoms with E-state index in [1.807, 2.05) is 0 Å². The van der Waals surface area contributed by atoms with Gasteiger partial charge >= 0.3 is 0 Å². The van der Waals surface area contributed by atoms with Gasteiger partial charge in [-0.15, -0.1) is 0 Å². The van der Waals surface area contributed by atoms with Crippen LogP contribution in [0.5, 0.6) is 0 Å². The molecule has 1 aliphatic carbocycles. The number of rotatable bonds is 4. The van der Waals surface area contributed by atoms with Crippen LogP contribution >= 0.6 is 0 Å². The molecule has 0 spiro atoms. The molecule has 0 radical (unpaired) electrons. The Morgan fingerprint density at radius 1 is 1.28 bits per heavy atom. The molecule has 9 heteroatoms. The Balaban J connectivity index is 1.34. The summed E-state index contributed by atoms with van der Waals surface area (Å²) in [6.07, 6.45) is 3.38. The smallest absolute Gasteiger partial charge is 0.273 e. The fourth-order valence-electron chi connectivity index (χ4n) is 3.28. The number of carbonyl (C=O) groups is 1. The van der Waals surface area contributed by atoms with Gasteiger partial charge in [0.15, 0.2) is 5.69 Å². The summed E-state index contributed by atoms with van der Waals surface area (Å²) >= 11 is 0. The van der Waals surface area contributed by atoms with Crippen molar-refractivity contribution in [2.45, 2.75) is 31.7 Å². The van der Waals surface area contributed by atoms with Crippen molar-refractivity contribution in [2.75, 3.05) is 31.2 Å². The highest BCUT2D eigenvalue weighted by Gasteiger charge is 2.33. The third-order valence-corrected chi connectivity index (χ3v) is 4.84. The summed E-state index contributed by atoms with van der Waals surface area (Å²) in [6.45, 7) is 4.94. The molecule has 25 heavy (non-hydrogen) atoms. The van der Waals surface area contributed by atoms with Gasteiger partial charge < -0.3 is 15.0 Å². The molecule has 2 aromatic heterocycles. The number of amides is 1. The Bertz CT molecular complexity index is 750. The van der Waals surface area contributed by atoms with Crippen LogP contribution in [0.4, 0.5) is 5.82 Å². The lowest BCUT2D eigenvalue weighted by atomic mass is 9.78. The van der Waals surface area contributed by atoms with Gasteiger partial charge in [-0.2, -0.15) is 15.4 Å². The summed E-state index contributed by atoms with van der Waals surface area (Å²) in [4.78, 5) is 23.2. The minimum atomic E-state index is -0.175. The van der Waals surface area contributed by atoms with E-state index in [2.05, 4.69) is 41.7 Å². The molecule has 0 bridgehead atoms. The average Bonchev–Trinajstić information content (AvgIpc) is 3.04. The third kappa shape index (κ3) is 3.32. The van der Waals surface area contributed by atoms with Crippen molar-refractivity contribution in [3.8, 4) is 0 Å². The number of hydrogen-bond donors (Lipinski definition) is 2. The topological polar surface area (TPSA) is 109 Å². The van der Waals surface area contributed by atoms with E-state index in [1.54, 1.807) is 13.3 Å². The molecule has 2 aliphatic rings. The molecular formula is C16H21N7O2. The number of aryl methyl sites for hydroxylation is 1. The van der Waals surface area contributed by atoms with Gasteiger partial charge in [-0.05, 0) is 19.8 Å². The average molecular weight is 343 g/mol. The van der Waals surface area contributed by atoms with E-state index >= 15 is 0 Å². The number of morpholine rings is 1. The lowest BCUT2D eigenvalue weighted by Crippen LogP contribution is -2.44. The number of carbonyl (C=O) groups excluding carboxylic acids is 1. The first-order valence-electron chi connectivity index (χ1n) is 8.53. The van der Waals surface area contributed by atoms with Crippen molar-refractivity contribution in [3.63, 3.8) is 0 Å². The van der Waals surface area contributed by atoms with Gasteiger partial charge in [-0.25, -0.2) is 9.97 Å². The zero-order valence-corrected chi connectivity index (χ0v) is 14.1. The Kier molecular flexibility index (Phi) is 4.31. The second-order valence-corrected chi connectivity index (χ2v) is 6.50. The highest BCUT2D eigenvalue weighted by Crippen LogP contribution is 2.36. The van der Waals surface area contributed by atoms with Crippen LogP contribution in [0.2, 0.25) is 0 Å². The lowest BCUT2D eigenvalue weighted by Gasteiger charge is -2.35. The van der Waals surface area contributed by atoms with Gasteiger partial charge in [0.25, 0.3) is 5.91 Å². The van der Waals surface area contributed by atoms with Gasteiger partial charge in [0.05, 0.1) is 18.9 Å². The fraction of sp³-hybridized carbons (Fsp3) is 0.562. The van der Waals surface area contributed by atoms with E-state index < -0.39 is 0 Å². The molecule has 1 saturated carbocycles. The molecule has 9 nitrogen and oxygen atoms in total. The van der Waals surface area contributed by atoms with Crippen molar-refractivity contribution in [3.05, 3.63) is 29.5 Å². The van der Waals surface area contributed by atoms with E-state index in [9.17, 15) is 4.79 Å². The summed E-state index contributed by atoms with van der Waals surface area (Å²) in [6, 6.07) is 2.21. The zero-order chi connectivity index (χ0) is 17.2. The van der Waals surface area contributed by atoms with Crippen molar-refractivity contribution >= 4 is 11.7 Å². The van der Waals surface area contributed by atoms with E-state index in [-0.39, 0.29) is 11.9 Å². The number of ether oxygens (including phenoxy) is 1. The molecular weight excluding hydrogens is 322 g/mol. The van der Waals surface area contributed by atoms with Crippen LogP contribution in [0.3, 0.4) is 0 Å². The van der Waals surface area contributed by atoms with Crippen LogP contribution in [0, 0.1) is 6.92 Å². The van der Waals surface area contributed by atoms with E-state index in [0.717, 1.165) is 50.7 Å². The number of anilines is 1. The van der Waals surface area contributed by atoms with Crippen LogP contribution in [-0.4, -0.2) is 63.6 Å².